The van der Waals surface area contributed by atoms with Gasteiger partial charge in [-0.2, -0.15) is 0 Å². The molecule has 0 spiro atoms. The predicted molar refractivity (Wildman–Crippen MR) is 98.0 cm³/mol. The van der Waals surface area contributed by atoms with Gasteiger partial charge in [-0.3, -0.25) is 0 Å². The molecule has 0 aliphatic carbocycles. The normalized spacial score (nSPS) is 11.3. The third-order valence-electron chi connectivity index (χ3n) is 4.15. The second kappa shape index (κ2) is 6.65. The highest BCUT2D eigenvalue weighted by Crippen LogP contribution is 2.39. The first-order valence-electron chi connectivity index (χ1n) is 8.16. The van der Waals surface area contributed by atoms with Crippen LogP contribution in [-0.2, 0) is 4.74 Å². The average Bonchev–Trinajstić information content (AvgIpc) is 3.02. The summed E-state index contributed by atoms with van der Waals surface area (Å²) in [5.41, 5.74) is 1.34. The van der Waals surface area contributed by atoms with Gasteiger partial charge >= 0.3 is 5.63 Å². The number of ether oxygens (including phenoxy) is 1. The number of fused-ring (bicyclic) bond motifs is 3. The van der Waals surface area contributed by atoms with Gasteiger partial charge in [0.2, 0.25) is 5.88 Å². The highest BCUT2D eigenvalue weighted by Gasteiger charge is 2.22. The standard InChI is InChI=1S/C20H16FNO4/c1-24-10-9-22-19-16(12-5-4-6-13(21)11-12)17-18(26-19)14-7-2-3-8-15(14)25-20(17)23/h2-8,11,22H,9-10H2,1H3. The van der Waals surface area contributed by atoms with Crippen molar-refractivity contribution >= 4 is 27.8 Å². The molecule has 0 fully saturated rings. The molecule has 1 N–H and O–H groups in total. The van der Waals surface area contributed by atoms with Gasteiger partial charge in [0.25, 0.3) is 0 Å². The molecule has 4 aromatic rings. The lowest BCUT2D eigenvalue weighted by Gasteiger charge is -2.06. The number of nitrogens with one attached hydrogen (secondary N) is 1. The van der Waals surface area contributed by atoms with E-state index >= 15 is 0 Å². The monoisotopic (exact) mass is 353 g/mol. The van der Waals surface area contributed by atoms with Crippen molar-refractivity contribution in [3.8, 4) is 11.1 Å². The number of methoxy groups -OCH3 is 1. The Bertz CT molecular complexity index is 1150. The number of rotatable bonds is 5. The summed E-state index contributed by atoms with van der Waals surface area (Å²) in [6, 6.07) is 13.2. The van der Waals surface area contributed by atoms with Crippen molar-refractivity contribution < 1.29 is 18.0 Å². The van der Waals surface area contributed by atoms with Crippen LogP contribution in [0.5, 0.6) is 0 Å². The van der Waals surface area contributed by atoms with E-state index < -0.39 is 11.4 Å². The van der Waals surface area contributed by atoms with Crippen molar-refractivity contribution in [2.24, 2.45) is 0 Å². The van der Waals surface area contributed by atoms with Crippen molar-refractivity contribution in [3.63, 3.8) is 0 Å². The highest BCUT2D eigenvalue weighted by atomic mass is 19.1. The quantitative estimate of drug-likeness (QED) is 0.425. The average molecular weight is 353 g/mol. The summed E-state index contributed by atoms with van der Waals surface area (Å²) in [7, 11) is 1.59. The molecule has 2 heterocycles. The maximum Gasteiger partial charge on any atom is 0.348 e. The van der Waals surface area contributed by atoms with Gasteiger partial charge in [-0.05, 0) is 29.8 Å². The fraction of sp³-hybridized carbons (Fsp3) is 0.150. The number of benzene rings is 2. The van der Waals surface area contributed by atoms with E-state index in [0.717, 1.165) is 0 Å². The van der Waals surface area contributed by atoms with Crippen LogP contribution in [0.4, 0.5) is 10.3 Å². The lowest BCUT2D eigenvalue weighted by atomic mass is 10.0. The predicted octanol–water partition coefficient (Wildman–Crippen LogP) is 4.40. The van der Waals surface area contributed by atoms with Crippen molar-refractivity contribution in [2.75, 3.05) is 25.6 Å². The first-order chi connectivity index (χ1) is 12.7. The highest BCUT2D eigenvalue weighted by molar-refractivity contribution is 6.09. The summed E-state index contributed by atoms with van der Waals surface area (Å²) in [4.78, 5) is 12.6. The fourth-order valence-corrected chi connectivity index (χ4v) is 3.02. The van der Waals surface area contributed by atoms with Crippen LogP contribution in [0.3, 0.4) is 0 Å². The lowest BCUT2D eigenvalue weighted by molar-refractivity contribution is 0.210. The summed E-state index contributed by atoms with van der Waals surface area (Å²) < 4.78 is 30.3. The first-order valence-corrected chi connectivity index (χ1v) is 8.16. The summed E-state index contributed by atoms with van der Waals surface area (Å²) in [5.74, 6) is -0.0174. The number of hydrogen-bond acceptors (Lipinski definition) is 5. The largest absolute Gasteiger partial charge is 0.439 e. The molecule has 2 aromatic heterocycles. The van der Waals surface area contributed by atoms with E-state index in [0.29, 0.717) is 46.7 Å². The molecule has 5 nitrogen and oxygen atoms in total. The minimum Gasteiger partial charge on any atom is -0.439 e. The molecule has 26 heavy (non-hydrogen) atoms. The van der Waals surface area contributed by atoms with Crippen LogP contribution in [0.1, 0.15) is 0 Å². The van der Waals surface area contributed by atoms with Crippen LogP contribution >= 0.6 is 0 Å². The SMILES string of the molecule is COCCNc1oc2c(c1-c1cccc(F)c1)c(=O)oc1ccccc12. The van der Waals surface area contributed by atoms with Gasteiger partial charge in [0.05, 0.1) is 17.6 Å². The summed E-state index contributed by atoms with van der Waals surface area (Å²) in [6.45, 7) is 0.927. The zero-order chi connectivity index (χ0) is 18.1. The third-order valence-corrected chi connectivity index (χ3v) is 4.15. The van der Waals surface area contributed by atoms with Gasteiger partial charge in [0.1, 0.15) is 16.8 Å². The molecule has 0 unspecified atom stereocenters. The van der Waals surface area contributed by atoms with Crippen molar-refractivity contribution in [1.82, 2.24) is 0 Å². The molecule has 0 aliphatic rings. The van der Waals surface area contributed by atoms with E-state index in [1.54, 1.807) is 31.4 Å². The molecule has 132 valence electrons. The zero-order valence-electron chi connectivity index (χ0n) is 14.0. The van der Waals surface area contributed by atoms with E-state index in [-0.39, 0.29) is 5.39 Å². The minimum absolute atomic E-state index is 0.286. The number of hydrogen-bond donors (Lipinski definition) is 1. The smallest absolute Gasteiger partial charge is 0.348 e. The summed E-state index contributed by atoms with van der Waals surface area (Å²) in [6.07, 6.45) is 0. The van der Waals surface area contributed by atoms with E-state index in [9.17, 15) is 9.18 Å². The molecule has 0 atom stereocenters. The fourth-order valence-electron chi connectivity index (χ4n) is 3.02. The zero-order valence-corrected chi connectivity index (χ0v) is 14.0. The van der Waals surface area contributed by atoms with Crippen LogP contribution in [0, 0.1) is 5.82 Å². The molecule has 0 saturated carbocycles. The Morgan fingerprint density at radius 1 is 1.12 bits per heavy atom. The van der Waals surface area contributed by atoms with E-state index in [1.165, 1.54) is 12.1 Å². The van der Waals surface area contributed by atoms with Crippen LogP contribution < -0.4 is 10.9 Å². The molecular weight excluding hydrogens is 337 g/mol. The topological polar surface area (TPSA) is 64.6 Å². The molecule has 0 saturated heterocycles. The molecule has 0 radical (unpaired) electrons. The van der Waals surface area contributed by atoms with E-state index in [2.05, 4.69) is 5.32 Å². The molecule has 0 amide bonds. The third kappa shape index (κ3) is 2.74. The molecule has 0 bridgehead atoms. The van der Waals surface area contributed by atoms with Gasteiger partial charge < -0.3 is 18.9 Å². The molecule has 0 aliphatic heterocycles. The van der Waals surface area contributed by atoms with Gasteiger partial charge in [0, 0.05) is 13.7 Å². The van der Waals surface area contributed by atoms with Crippen LogP contribution in [0.2, 0.25) is 0 Å². The Morgan fingerprint density at radius 3 is 2.77 bits per heavy atom. The van der Waals surface area contributed by atoms with Crippen molar-refractivity contribution in [3.05, 3.63) is 64.8 Å². The van der Waals surface area contributed by atoms with Crippen LogP contribution in [0.25, 0.3) is 33.1 Å². The maximum atomic E-state index is 13.8. The van der Waals surface area contributed by atoms with E-state index in [4.69, 9.17) is 13.6 Å². The Hall–Kier alpha value is -3.12. The van der Waals surface area contributed by atoms with Gasteiger partial charge in [-0.1, -0.05) is 24.3 Å². The first kappa shape index (κ1) is 16.4. The second-order valence-corrected chi connectivity index (χ2v) is 5.83. The van der Waals surface area contributed by atoms with Gasteiger partial charge in [-0.25, -0.2) is 9.18 Å². The van der Waals surface area contributed by atoms with E-state index in [1.807, 2.05) is 12.1 Å². The maximum absolute atomic E-state index is 13.8. The molecule has 4 rings (SSSR count). The van der Waals surface area contributed by atoms with Crippen molar-refractivity contribution in [1.29, 1.82) is 0 Å². The second-order valence-electron chi connectivity index (χ2n) is 5.83. The van der Waals surface area contributed by atoms with Crippen molar-refractivity contribution in [2.45, 2.75) is 0 Å². The number of furan rings is 1. The Morgan fingerprint density at radius 2 is 1.96 bits per heavy atom. The van der Waals surface area contributed by atoms with Gasteiger partial charge in [-0.15, -0.1) is 0 Å². The summed E-state index contributed by atoms with van der Waals surface area (Å²) >= 11 is 0. The number of anilines is 1. The molecule has 2 aromatic carbocycles. The Balaban J connectivity index is 2.04. The van der Waals surface area contributed by atoms with Crippen LogP contribution in [0.15, 0.2) is 62.2 Å². The molecule has 6 heteroatoms. The van der Waals surface area contributed by atoms with Crippen LogP contribution in [-0.4, -0.2) is 20.3 Å². The summed E-state index contributed by atoms with van der Waals surface area (Å²) in [5, 5.41) is 4.09. The number of halogens is 1. The molecular formula is C20H16FNO4. The lowest BCUT2D eigenvalue weighted by Crippen LogP contribution is -2.07. The number of para-hydroxylation sites is 1. The van der Waals surface area contributed by atoms with Gasteiger partial charge in [0.15, 0.2) is 5.58 Å². The Labute approximate surface area is 148 Å². The minimum atomic E-state index is -0.526. The Kier molecular flexibility index (Phi) is 4.18.